The molecule has 0 spiro atoms. The van der Waals surface area contributed by atoms with Crippen molar-refractivity contribution in [2.75, 3.05) is 0 Å². The van der Waals surface area contributed by atoms with E-state index in [1.54, 1.807) is 0 Å². The van der Waals surface area contributed by atoms with Crippen molar-refractivity contribution in [3.63, 3.8) is 0 Å². The van der Waals surface area contributed by atoms with E-state index in [0.717, 1.165) is 12.3 Å². The first-order chi connectivity index (χ1) is 14.3. The Labute approximate surface area is 183 Å². The Kier molecular flexibility index (Phi) is 6.46. The van der Waals surface area contributed by atoms with Crippen LogP contribution in [0, 0.1) is 0 Å². The molecule has 1 amide bonds. The van der Waals surface area contributed by atoms with Gasteiger partial charge in [-0.1, -0.05) is 29.3 Å². The van der Waals surface area contributed by atoms with Crippen molar-refractivity contribution in [3.8, 4) is 0 Å². The second-order valence-electron chi connectivity index (χ2n) is 7.27. The molecular weight excluding hydrogens is 468 g/mol. The molecule has 2 N–H and O–H groups in total. The van der Waals surface area contributed by atoms with Gasteiger partial charge >= 0.3 is 6.18 Å². The molecule has 0 aromatic carbocycles. The molecule has 0 bridgehead atoms. The summed E-state index contributed by atoms with van der Waals surface area (Å²) in [6, 6.07) is 2.55. The summed E-state index contributed by atoms with van der Waals surface area (Å²) in [5.41, 5.74) is -3.70. The van der Waals surface area contributed by atoms with Gasteiger partial charge in [0.15, 0.2) is 5.69 Å². The Morgan fingerprint density at radius 3 is 2.32 bits per heavy atom. The zero-order chi connectivity index (χ0) is 23.0. The predicted octanol–water partition coefficient (Wildman–Crippen LogP) is 5.21. The molecule has 31 heavy (non-hydrogen) atoms. The van der Waals surface area contributed by atoms with E-state index in [4.69, 9.17) is 23.2 Å². The highest BCUT2D eigenvalue weighted by atomic mass is 35.5. The van der Waals surface area contributed by atoms with Gasteiger partial charge in [0.1, 0.15) is 5.15 Å². The van der Waals surface area contributed by atoms with Crippen LogP contribution in [0.25, 0.3) is 0 Å². The maximum absolute atomic E-state index is 13.7. The van der Waals surface area contributed by atoms with Gasteiger partial charge in [0, 0.05) is 30.8 Å². The van der Waals surface area contributed by atoms with Crippen LogP contribution in [-0.2, 0) is 6.18 Å². The molecule has 2 heterocycles. The molecule has 12 heteroatoms. The molecule has 168 valence electrons. The maximum Gasteiger partial charge on any atom is 0.434 e. The number of nitrogens with zero attached hydrogens (tertiary/aromatic N) is 2. The van der Waals surface area contributed by atoms with Crippen LogP contribution < -0.4 is 5.32 Å². The van der Waals surface area contributed by atoms with Crippen molar-refractivity contribution in [1.29, 1.82) is 0 Å². The minimum absolute atomic E-state index is 0.102. The average Bonchev–Trinajstić information content (AvgIpc) is 2.68. The third-order valence-electron chi connectivity index (χ3n) is 5.16. The predicted molar refractivity (Wildman–Crippen MR) is 102 cm³/mol. The van der Waals surface area contributed by atoms with Crippen LogP contribution in [0.15, 0.2) is 30.6 Å². The van der Waals surface area contributed by atoms with E-state index in [0.29, 0.717) is 0 Å². The molecule has 0 radical (unpaired) electrons. The Balaban J connectivity index is 1.99. The van der Waals surface area contributed by atoms with E-state index < -0.39 is 58.8 Å². The number of carbonyl (C=O) groups excluding carboxylic acids is 1. The number of hydrogen-bond donors (Lipinski definition) is 2. The van der Waals surface area contributed by atoms with Gasteiger partial charge in [0.2, 0.25) is 5.92 Å². The Bertz CT molecular complexity index is 977. The lowest BCUT2D eigenvalue weighted by Crippen LogP contribution is -2.50. The fraction of sp³-hybridized carbons (Fsp3) is 0.421. The summed E-state index contributed by atoms with van der Waals surface area (Å²) in [5.74, 6) is -4.04. The van der Waals surface area contributed by atoms with Gasteiger partial charge in [-0.15, -0.1) is 0 Å². The quantitative estimate of drug-likeness (QED) is 0.462. The van der Waals surface area contributed by atoms with Gasteiger partial charge in [0.05, 0.1) is 22.2 Å². The lowest BCUT2D eigenvalue weighted by molar-refractivity contribution is -0.141. The van der Waals surface area contributed by atoms with Crippen LogP contribution >= 0.6 is 23.2 Å². The van der Waals surface area contributed by atoms with Crippen LogP contribution in [0.1, 0.15) is 53.3 Å². The average molecular weight is 484 g/mol. The van der Waals surface area contributed by atoms with E-state index in [2.05, 4.69) is 15.3 Å². The Morgan fingerprint density at radius 2 is 1.74 bits per heavy atom. The SMILES string of the molecule is O=C(NC(c1cccnc1Cl)C1(O)CCC(F)(F)CC1)c1ccnc(C(F)(F)F)c1Cl. The summed E-state index contributed by atoms with van der Waals surface area (Å²) in [5, 5.41) is 12.5. The molecule has 3 rings (SSSR count). The van der Waals surface area contributed by atoms with E-state index in [-0.39, 0.29) is 23.6 Å². The van der Waals surface area contributed by atoms with Gasteiger partial charge in [-0.25, -0.2) is 13.8 Å². The number of nitrogens with one attached hydrogen (secondary N) is 1. The number of aliphatic hydroxyl groups is 1. The zero-order valence-corrected chi connectivity index (χ0v) is 17.2. The van der Waals surface area contributed by atoms with Crippen LogP contribution in [0.2, 0.25) is 10.2 Å². The molecule has 1 saturated carbocycles. The first-order valence-corrected chi connectivity index (χ1v) is 9.83. The summed E-state index contributed by atoms with van der Waals surface area (Å²) in [6.45, 7) is 0. The first kappa shape index (κ1) is 23.6. The monoisotopic (exact) mass is 483 g/mol. The minimum atomic E-state index is -4.90. The topological polar surface area (TPSA) is 75.1 Å². The number of amides is 1. The molecule has 1 aliphatic carbocycles. The molecule has 1 fully saturated rings. The van der Waals surface area contributed by atoms with Gasteiger partial charge in [-0.3, -0.25) is 9.78 Å². The van der Waals surface area contributed by atoms with Crippen molar-refractivity contribution in [2.24, 2.45) is 0 Å². The molecule has 1 atom stereocenters. The fourth-order valence-corrected chi connectivity index (χ4v) is 4.01. The van der Waals surface area contributed by atoms with Crippen LogP contribution in [0.3, 0.4) is 0 Å². The Morgan fingerprint density at radius 1 is 1.10 bits per heavy atom. The van der Waals surface area contributed by atoms with Gasteiger partial charge in [-0.05, 0) is 25.0 Å². The number of halogens is 7. The number of pyridine rings is 2. The van der Waals surface area contributed by atoms with E-state index >= 15 is 0 Å². The Hall–Kier alpha value is -2.04. The molecular formula is C19H16Cl2F5N3O2. The maximum atomic E-state index is 13.7. The highest BCUT2D eigenvalue weighted by molar-refractivity contribution is 6.34. The van der Waals surface area contributed by atoms with E-state index in [1.165, 1.54) is 18.3 Å². The summed E-state index contributed by atoms with van der Waals surface area (Å²) < 4.78 is 66.6. The van der Waals surface area contributed by atoms with Crippen molar-refractivity contribution in [3.05, 3.63) is 57.6 Å². The highest BCUT2D eigenvalue weighted by Gasteiger charge is 2.48. The third-order valence-corrected chi connectivity index (χ3v) is 5.86. The molecule has 1 aliphatic rings. The minimum Gasteiger partial charge on any atom is -0.387 e. The smallest absolute Gasteiger partial charge is 0.387 e. The number of aromatic nitrogens is 2. The number of alkyl halides is 5. The zero-order valence-electron chi connectivity index (χ0n) is 15.7. The van der Waals surface area contributed by atoms with Crippen molar-refractivity contribution >= 4 is 29.1 Å². The molecule has 1 unspecified atom stereocenters. The summed E-state index contributed by atoms with van der Waals surface area (Å²) >= 11 is 11.9. The number of carbonyl (C=O) groups is 1. The summed E-state index contributed by atoms with van der Waals surface area (Å²) in [7, 11) is 0. The molecule has 2 aromatic rings. The van der Waals surface area contributed by atoms with Crippen molar-refractivity contribution < 1.29 is 31.9 Å². The van der Waals surface area contributed by atoms with Crippen LogP contribution in [0.5, 0.6) is 0 Å². The normalized spacial score (nSPS) is 19.0. The van der Waals surface area contributed by atoms with Gasteiger partial charge in [-0.2, -0.15) is 13.2 Å². The van der Waals surface area contributed by atoms with E-state index in [1.807, 2.05) is 0 Å². The van der Waals surface area contributed by atoms with Crippen molar-refractivity contribution in [2.45, 2.75) is 49.4 Å². The lowest BCUT2D eigenvalue weighted by atomic mass is 9.75. The van der Waals surface area contributed by atoms with Crippen LogP contribution in [0.4, 0.5) is 22.0 Å². The fourth-order valence-electron chi connectivity index (χ4n) is 3.48. The van der Waals surface area contributed by atoms with Crippen molar-refractivity contribution in [1.82, 2.24) is 15.3 Å². The molecule has 2 aromatic heterocycles. The second-order valence-corrected chi connectivity index (χ2v) is 8.00. The van der Waals surface area contributed by atoms with Crippen LogP contribution in [-0.4, -0.2) is 32.5 Å². The lowest BCUT2D eigenvalue weighted by Gasteiger charge is -2.42. The number of hydrogen-bond acceptors (Lipinski definition) is 4. The summed E-state index contributed by atoms with van der Waals surface area (Å²) in [6.07, 6.45) is -4.82. The van der Waals surface area contributed by atoms with E-state index in [9.17, 15) is 31.9 Å². The third kappa shape index (κ3) is 5.07. The number of rotatable bonds is 4. The largest absolute Gasteiger partial charge is 0.434 e. The molecule has 0 saturated heterocycles. The van der Waals surface area contributed by atoms with Gasteiger partial charge in [0.25, 0.3) is 5.91 Å². The standard InChI is InChI=1S/C19H16Cl2F5N3O2/c20-12-10(3-9-27-14(12)19(24,25)26)16(30)29-13(11-2-1-8-28-15(11)21)17(31)4-6-18(22,23)7-5-17/h1-3,8-9,13,31H,4-7H2,(H,29,30). The molecule has 5 nitrogen and oxygen atoms in total. The summed E-state index contributed by atoms with van der Waals surface area (Å²) in [4.78, 5) is 19.9. The second kappa shape index (κ2) is 8.48. The first-order valence-electron chi connectivity index (χ1n) is 9.07. The van der Waals surface area contributed by atoms with Gasteiger partial charge < -0.3 is 10.4 Å². The highest BCUT2D eigenvalue weighted by Crippen LogP contribution is 2.45. The molecule has 0 aliphatic heterocycles.